The fraction of sp³-hybridized carbons (Fsp3) is 0.333. The molecule has 0 atom stereocenters. The van der Waals surface area contributed by atoms with Gasteiger partial charge in [-0.15, -0.1) is 0 Å². The predicted molar refractivity (Wildman–Crippen MR) is 53.2 cm³/mol. The Kier molecular flexibility index (Phi) is 1.87. The molecule has 1 aliphatic rings. The minimum Gasteiger partial charge on any atom is -0.464 e. The first-order chi connectivity index (χ1) is 6.20. The summed E-state index contributed by atoms with van der Waals surface area (Å²) in [5, 5.41) is 0. The summed E-state index contributed by atoms with van der Waals surface area (Å²) in [5.74, 6) is 1.01. The van der Waals surface area contributed by atoms with Crippen LogP contribution in [0.1, 0.15) is 30.2 Å². The van der Waals surface area contributed by atoms with Crippen LogP contribution in [0.5, 0.6) is 0 Å². The topological polar surface area (TPSA) is 13.1 Å². The van der Waals surface area contributed by atoms with Gasteiger partial charge in [-0.05, 0) is 50.0 Å². The van der Waals surface area contributed by atoms with Crippen LogP contribution in [0.3, 0.4) is 0 Å². The monoisotopic (exact) mass is 173 g/mol. The van der Waals surface area contributed by atoms with Crippen molar-refractivity contribution >= 4 is 5.57 Å². The van der Waals surface area contributed by atoms with E-state index in [1.807, 2.05) is 6.26 Å². The van der Waals surface area contributed by atoms with Gasteiger partial charge in [0.05, 0.1) is 6.26 Å². The van der Waals surface area contributed by atoms with Crippen molar-refractivity contribution in [3.8, 4) is 0 Å². The molecule has 0 aliphatic heterocycles. The lowest BCUT2D eigenvalue weighted by molar-refractivity contribution is 0.550. The molecule has 1 nitrogen and oxygen atoms in total. The number of allylic oxidation sites excluding steroid dienone is 4. The maximum absolute atomic E-state index is 5.52. The van der Waals surface area contributed by atoms with Crippen LogP contribution in [0.15, 0.2) is 22.3 Å². The van der Waals surface area contributed by atoms with E-state index in [-0.39, 0.29) is 0 Å². The number of hydrogen-bond donors (Lipinski definition) is 0. The molecule has 0 bridgehead atoms. The highest BCUT2D eigenvalue weighted by Gasteiger charge is 2.15. The number of rotatable bonds is 1. The molecule has 0 saturated heterocycles. The van der Waals surface area contributed by atoms with Crippen LogP contribution < -0.4 is 0 Å². The molecule has 0 spiro atoms. The molecule has 0 N–H and O–H groups in total. The second kappa shape index (κ2) is 2.91. The lowest BCUT2D eigenvalue weighted by atomic mass is 10.0. The quantitative estimate of drug-likeness (QED) is 0.634. The van der Waals surface area contributed by atoms with Crippen molar-refractivity contribution in [1.29, 1.82) is 0 Å². The van der Waals surface area contributed by atoms with Gasteiger partial charge in [0.2, 0.25) is 0 Å². The zero-order valence-electron chi connectivity index (χ0n) is 8.27. The Balaban J connectivity index is 2.47. The lowest BCUT2D eigenvalue weighted by Gasteiger charge is -2.01. The van der Waals surface area contributed by atoms with Gasteiger partial charge in [0, 0.05) is 5.57 Å². The summed E-state index contributed by atoms with van der Waals surface area (Å²) < 4.78 is 5.52. The average Bonchev–Trinajstić information content (AvgIpc) is 2.62. The van der Waals surface area contributed by atoms with Gasteiger partial charge < -0.3 is 4.42 Å². The van der Waals surface area contributed by atoms with Crippen molar-refractivity contribution in [2.24, 2.45) is 0 Å². The molecule has 1 aromatic heterocycles. The smallest absolute Gasteiger partial charge is 0.136 e. The second-order valence-corrected chi connectivity index (χ2v) is 3.50. The highest BCUT2D eigenvalue weighted by molar-refractivity contribution is 5.79. The van der Waals surface area contributed by atoms with Crippen LogP contribution in [-0.2, 0) is 0 Å². The van der Waals surface area contributed by atoms with E-state index in [4.69, 9.17) is 4.42 Å². The minimum atomic E-state index is 0.917. The predicted octanol–water partition coefficient (Wildman–Crippen LogP) is 3.43. The molecule has 0 amide bonds. The van der Waals surface area contributed by atoms with Gasteiger partial charge in [0.1, 0.15) is 5.76 Å². The third-order valence-electron chi connectivity index (χ3n) is 2.61. The Morgan fingerprint density at radius 2 is 2.08 bits per heavy atom. The standard InChI is InChI=1S/C12H13O/c1-8-5-4-6-11(8)12-10(3)9(2)7-13-12/h6-7H,4H2,1-3H3. The fourth-order valence-corrected chi connectivity index (χ4v) is 1.59. The van der Waals surface area contributed by atoms with E-state index in [9.17, 15) is 0 Å². The molecule has 0 aromatic carbocycles. The molecule has 1 radical (unpaired) electrons. The molecule has 1 aromatic rings. The first-order valence-corrected chi connectivity index (χ1v) is 4.53. The summed E-state index contributed by atoms with van der Waals surface area (Å²) in [6, 6.07) is 0. The van der Waals surface area contributed by atoms with Crippen LogP contribution >= 0.6 is 0 Å². The molecule has 2 rings (SSSR count). The average molecular weight is 173 g/mol. The Bertz CT molecular complexity index is 391. The summed E-state index contributed by atoms with van der Waals surface area (Å²) in [5.41, 5.74) is 4.88. The van der Waals surface area contributed by atoms with Crippen molar-refractivity contribution in [3.05, 3.63) is 40.9 Å². The van der Waals surface area contributed by atoms with Gasteiger partial charge in [-0.25, -0.2) is 0 Å². The second-order valence-electron chi connectivity index (χ2n) is 3.50. The van der Waals surface area contributed by atoms with Gasteiger partial charge in [-0.1, -0.05) is 6.08 Å². The third kappa shape index (κ3) is 1.24. The first-order valence-electron chi connectivity index (χ1n) is 4.53. The Labute approximate surface area is 78.8 Å². The van der Waals surface area contributed by atoms with Gasteiger partial charge in [0.25, 0.3) is 0 Å². The largest absolute Gasteiger partial charge is 0.464 e. The highest BCUT2D eigenvalue weighted by atomic mass is 16.3. The molecule has 0 fully saturated rings. The van der Waals surface area contributed by atoms with E-state index in [1.165, 1.54) is 22.3 Å². The Morgan fingerprint density at radius 1 is 1.31 bits per heavy atom. The molecular formula is C12H13O. The van der Waals surface area contributed by atoms with Gasteiger partial charge in [0.15, 0.2) is 0 Å². The van der Waals surface area contributed by atoms with Crippen molar-refractivity contribution in [3.63, 3.8) is 0 Å². The van der Waals surface area contributed by atoms with Crippen molar-refractivity contribution in [2.45, 2.75) is 27.2 Å². The molecule has 1 heteroatoms. The van der Waals surface area contributed by atoms with Gasteiger partial charge in [-0.2, -0.15) is 0 Å². The fourth-order valence-electron chi connectivity index (χ4n) is 1.59. The van der Waals surface area contributed by atoms with Gasteiger partial charge in [-0.3, -0.25) is 0 Å². The van der Waals surface area contributed by atoms with Crippen LogP contribution in [0, 0.1) is 19.9 Å². The number of furan rings is 1. The van der Waals surface area contributed by atoms with Crippen molar-refractivity contribution < 1.29 is 4.42 Å². The van der Waals surface area contributed by atoms with Crippen LogP contribution in [0.2, 0.25) is 0 Å². The number of hydrogen-bond acceptors (Lipinski definition) is 1. The maximum atomic E-state index is 5.52. The third-order valence-corrected chi connectivity index (χ3v) is 2.61. The van der Waals surface area contributed by atoms with E-state index in [0.29, 0.717) is 0 Å². The molecule has 1 aliphatic carbocycles. The van der Waals surface area contributed by atoms with Crippen LogP contribution in [0.25, 0.3) is 5.57 Å². The SMILES string of the molecule is CC1=[C]CC=C1c1occ(C)c1C. The Hall–Kier alpha value is -1.24. The molecule has 0 unspecified atom stereocenters. The highest BCUT2D eigenvalue weighted by Crippen LogP contribution is 2.32. The van der Waals surface area contributed by atoms with Crippen LogP contribution in [0.4, 0.5) is 0 Å². The molecule has 67 valence electrons. The molecule has 1 heterocycles. The summed E-state index contributed by atoms with van der Waals surface area (Å²) in [4.78, 5) is 0. The molecule has 13 heavy (non-hydrogen) atoms. The first kappa shape index (κ1) is 8.36. The Morgan fingerprint density at radius 3 is 2.54 bits per heavy atom. The van der Waals surface area contributed by atoms with E-state index >= 15 is 0 Å². The lowest BCUT2D eigenvalue weighted by Crippen LogP contribution is -1.84. The summed E-state index contributed by atoms with van der Waals surface area (Å²) >= 11 is 0. The molecule has 0 saturated carbocycles. The zero-order valence-corrected chi connectivity index (χ0v) is 8.27. The normalized spacial score (nSPS) is 15.9. The summed E-state index contributed by atoms with van der Waals surface area (Å²) in [6.45, 7) is 6.25. The van der Waals surface area contributed by atoms with E-state index < -0.39 is 0 Å². The summed E-state index contributed by atoms with van der Waals surface area (Å²) in [6.07, 6.45) is 8.17. The van der Waals surface area contributed by atoms with Crippen LogP contribution in [-0.4, -0.2) is 0 Å². The van der Waals surface area contributed by atoms with E-state index in [1.54, 1.807) is 0 Å². The number of aryl methyl sites for hydroxylation is 1. The van der Waals surface area contributed by atoms with Crippen molar-refractivity contribution in [1.82, 2.24) is 0 Å². The van der Waals surface area contributed by atoms with E-state index in [0.717, 1.165) is 12.2 Å². The molecular weight excluding hydrogens is 160 g/mol. The minimum absolute atomic E-state index is 0.917. The maximum Gasteiger partial charge on any atom is 0.136 e. The van der Waals surface area contributed by atoms with Gasteiger partial charge >= 0.3 is 0 Å². The zero-order chi connectivity index (χ0) is 9.42. The van der Waals surface area contributed by atoms with E-state index in [2.05, 4.69) is 32.9 Å². The van der Waals surface area contributed by atoms with Crippen molar-refractivity contribution in [2.75, 3.05) is 0 Å². The summed E-state index contributed by atoms with van der Waals surface area (Å²) in [7, 11) is 0.